The lowest BCUT2D eigenvalue weighted by Gasteiger charge is -2.47. The Morgan fingerprint density at radius 1 is 1.00 bits per heavy atom. The molecule has 0 amide bonds. The summed E-state index contributed by atoms with van der Waals surface area (Å²) in [5.74, 6) is -4.82. The van der Waals surface area contributed by atoms with E-state index in [4.69, 9.17) is 30.5 Å². The van der Waals surface area contributed by atoms with Gasteiger partial charge in [0.2, 0.25) is 11.9 Å². The molecule has 2 saturated carbocycles. The summed E-state index contributed by atoms with van der Waals surface area (Å²) in [5, 5.41) is 33.9. The summed E-state index contributed by atoms with van der Waals surface area (Å²) >= 11 is 6.88. The van der Waals surface area contributed by atoms with E-state index in [1.807, 2.05) is 20.8 Å². The number of alkyl halides is 1. The van der Waals surface area contributed by atoms with E-state index >= 15 is 0 Å². The zero-order chi connectivity index (χ0) is 22.7. The first kappa shape index (κ1) is 20.2. The van der Waals surface area contributed by atoms with Crippen molar-refractivity contribution in [3.05, 3.63) is 0 Å². The largest absolute Gasteiger partial charge is 0.458 e. The number of carbonyl (C=O) groups is 3. The van der Waals surface area contributed by atoms with E-state index in [9.17, 15) is 29.7 Å². The summed E-state index contributed by atoms with van der Waals surface area (Å²) in [7, 11) is 0. The van der Waals surface area contributed by atoms with Gasteiger partial charge in [-0.15, -0.1) is 11.6 Å². The maximum absolute atomic E-state index is 13.4. The number of aliphatic hydroxyl groups excluding tert-OH is 2. The molecule has 11 heteroatoms. The van der Waals surface area contributed by atoms with Crippen molar-refractivity contribution in [2.45, 2.75) is 75.0 Å². The quantitative estimate of drug-likeness (QED) is 0.231. The highest BCUT2D eigenvalue weighted by atomic mass is 35.5. The Balaban J connectivity index is 1.75. The molecule has 4 aliphatic heterocycles. The molecule has 3 N–H and O–H groups in total. The molecular weight excluding hydrogens is 436 g/mol. The van der Waals surface area contributed by atoms with Crippen LogP contribution in [0.5, 0.6) is 0 Å². The van der Waals surface area contributed by atoms with Crippen molar-refractivity contribution in [3.63, 3.8) is 0 Å². The molecule has 2 aliphatic carbocycles. The molecule has 4 saturated heterocycles. The van der Waals surface area contributed by atoms with Crippen molar-refractivity contribution < 1.29 is 48.7 Å². The smallest absolute Gasteiger partial charge is 0.343 e. The minimum absolute atomic E-state index is 0.674. The molecule has 31 heavy (non-hydrogen) atoms. The van der Waals surface area contributed by atoms with Crippen molar-refractivity contribution in [3.8, 4) is 0 Å². The van der Waals surface area contributed by atoms with Crippen LogP contribution in [-0.2, 0) is 33.3 Å². The van der Waals surface area contributed by atoms with Crippen molar-refractivity contribution >= 4 is 29.5 Å². The summed E-state index contributed by atoms with van der Waals surface area (Å²) in [6, 6.07) is 0. The van der Waals surface area contributed by atoms with Crippen molar-refractivity contribution in [2.24, 2.45) is 28.1 Å². The number of rotatable bonds is 0. The Kier molecular flexibility index (Phi) is 3.28. The third-order valence-electron chi connectivity index (χ3n) is 8.91. The molecule has 0 aromatic carbocycles. The van der Waals surface area contributed by atoms with Gasteiger partial charge in [-0.3, -0.25) is 4.79 Å². The lowest BCUT2D eigenvalue weighted by Crippen LogP contribution is -2.67. The normalized spacial score (nSPS) is 61.0. The standard InChI is InChI=1S/C20H23ClO10/c1-5-12(24)28-11-8(22)18-10-6(21)7(16(2,3)4)17(18)9(23)13(25)30-15(17)31-20(18,14(26)29-10)19(5,11)27/h5-11,15,22-23,27H,1-4H3/t5-,6+,7+,8+,9+,10-,11+,15+,17-,18+,19-,20-/m1/s1. The predicted octanol–water partition coefficient (Wildman–Crippen LogP) is -1.15. The van der Waals surface area contributed by atoms with Gasteiger partial charge in [-0.25, -0.2) is 9.59 Å². The number of ether oxygens (including phenoxy) is 4. The summed E-state index contributed by atoms with van der Waals surface area (Å²) in [6.07, 6.45) is -7.77. The third-order valence-corrected chi connectivity index (χ3v) is 9.39. The van der Waals surface area contributed by atoms with Gasteiger partial charge in [0.25, 0.3) is 0 Å². The van der Waals surface area contributed by atoms with E-state index in [-0.39, 0.29) is 0 Å². The third kappa shape index (κ3) is 1.48. The molecule has 0 bridgehead atoms. The fourth-order valence-corrected chi connectivity index (χ4v) is 9.03. The minimum atomic E-state index is -2.32. The second-order valence-electron chi connectivity index (χ2n) is 10.7. The Morgan fingerprint density at radius 3 is 2.26 bits per heavy atom. The monoisotopic (exact) mass is 458 g/mol. The SMILES string of the molecule is C[C@@H]1C(=O)O[C@H]2[C@H](O)[C@@]34[C@@H]5OC(=O)[C@]3(O[C@@H]3OC(=O)[C@H](O)[C@]34[C@H](C(C)(C)C)[C@@H]5Cl)[C@@]12O. The Morgan fingerprint density at radius 2 is 1.65 bits per heavy atom. The van der Waals surface area contributed by atoms with Gasteiger partial charge in [-0.2, -0.15) is 0 Å². The lowest BCUT2D eigenvalue weighted by molar-refractivity contribution is -0.239. The highest BCUT2D eigenvalue weighted by Gasteiger charge is 3.05. The van der Waals surface area contributed by atoms with E-state index in [1.165, 1.54) is 6.92 Å². The molecule has 2 spiro atoms. The van der Waals surface area contributed by atoms with Crippen LogP contribution in [0.15, 0.2) is 0 Å². The molecule has 0 radical (unpaired) electrons. The molecule has 0 unspecified atom stereocenters. The zero-order valence-electron chi connectivity index (χ0n) is 17.2. The van der Waals surface area contributed by atoms with Gasteiger partial charge >= 0.3 is 17.9 Å². The topological polar surface area (TPSA) is 149 Å². The zero-order valence-corrected chi connectivity index (χ0v) is 18.0. The van der Waals surface area contributed by atoms with Gasteiger partial charge in [-0.05, 0) is 18.3 Å². The first-order valence-corrected chi connectivity index (χ1v) is 10.7. The van der Waals surface area contributed by atoms with Crippen LogP contribution in [0.2, 0.25) is 0 Å². The maximum Gasteiger partial charge on any atom is 0.343 e. The van der Waals surface area contributed by atoms with Gasteiger partial charge < -0.3 is 34.3 Å². The van der Waals surface area contributed by atoms with Crippen LogP contribution in [-0.4, -0.2) is 80.5 Å². The average molecular weight is 459 g/mol. The number of aliphatic hydroxyl groups is 3. The maximum atomic E-state index is 13.4. The van der Waals surface area contributed by atoms with Gasteiger partial charge in [0.15, 0.2) is 17.8 Å². The number of hydrogen-bond acceptors (Lipinski definition) is 10. The van der Waals surface area contributed by atoms with Gasteiger partial charge in [0.1, 0.15) is 12.2 Å². The van der Waals surface area contributed by atoms with E-state index in [0.717, 1.165) is 0 Å². The summed E-state index contributed by atoms with van der Waals surface area (Å²) in [4.78, 5) is 38.4. The van der Waals surface area contributed by atoms with Crippen molar-refractivity contribution in [1.82, 2.24) is 0 Å². The number of fused-ring (bicyclic) bond motifs is 1. The van der Waals surface area contributed by atoms with Crippen LogP contribution in [0.25, 0.3) is 0 Å². The Hall–Kier alpha value is -1.46. The predicted molar refractivity (Wildman–Crippen MR) is 97.0 cm³/mol. The number of esters is 3. The highest BCUT2D eigenvalue weighted by molar-refractivity contribution is 6.22. The summed E-state index contributed by atoms with van der Waals surface area (Å²) in [5.41, 5.74) is -8.92. The number of halogens is 1. The second-order valence-corrected chi connectivity index (χ2v) is 11.2. The molecule has 0 aromatic rings. The van der Waals surface area contributed by atoms with Crippen LogP contribution in [0.1, 0.15) is 27.7 Å². The summed E-state index contributed by atoms with van der Waals surface area (Å²) in [6.45, 7) is 6.89. The molecule has 6 fully saturated rings. The highest BCUT2D eigenvalue weighted by Crippen LogP contribution is 2.85. The fourth-order valence-electron chi connectivity index (χ4n) is 8.19. The van der Waals surface area contributed by atoms with Crippen LogP contribution >= 0.6 is 11.6 Å². The fraction of sp³-hybridized carbons (Fsp3) is 0.850. The van der Waals surface area contributed by atoms with Crippen LogP contribution < -0.4 is 0 Å². The van der Waals surface area contributed by atoms with Gasteiger partial charge in [0.05, 0.1) is 22.1 Å². The molecule has 10 nitrogen and oxygen atoms in total. The van der Waals surface area contributed by atoms with Crippen molar-refractivity contribution in [2.75, 3.05) is 0 Å². The number of carbonyl (C=O) groups excluding carboxylic acids is 3. The molecular formula is C20H23ClO10. The Labute approximate surface area is 181 Å². The second kappa shape index (κ2) is 5.04. The lowest BCUT2D eigenvalue weighted by atomic mass is 9.51. The van der Waals surface area contributed by atoms with Gasteiger partial charge in [0, 0.05) is 0 Å². The molecule has 170 valence electrons. The molecule has 0 aromatic heterocycles. The first-order chi connectivity index (χ1) is 14.3. The first-order valence-electron chi connectivity index (χ1n) is 10.3. The van der Waals surface area contributed by atoms with E-state index in [0.29, 0.717) is 0 Å². The van der Waals surface area contributed by atoms with Crippen LogP contribution in [0, 0.1) is 28.1 Å². The van der Waals surface area contributed by atoms with E-state index in [2.05, 4.69) is 0 Å². The summed E-state index contributed by atoms with van der Waals surface area (Å²) < 4.78 is 22.5. The van der Waals surface area contributed by atoms with E-state index in [1.54, 1.807) is 0 Å². The van der Waals surface area contributed by atoms with E-state index < -0.39 is 93.3 Å². The molecule has 12 atom stereocenters. The minimum Gasteiger partial charge on any atom is -0.458 e. The van der Waals surface area contributed by atoms with Crippen molar-refractivity contribution in [1.29, 1.82) is 0 Å². The van der Waals surface area contributed by atoms with Crippen LogP contribution in [0.3, 0.4) is 0 Å². The van der Waals surface area contributed by atoms with Gasteiger partial charge in [-0.1, -0.05) is 20.8 Å². The molecule has 6 rings (SSSR count). The molecule has 4 heterocycles. The Bertz CT molecular complexity index is 962. The van der Waals surface area contributed by atoms with Crippen LogP contribution in [0.4, 0.5) is 0 Å². The number of hydrogen-bond donors (Lipinski definition) is 3. The molecule has 6 aliphatic rings. The average Bonchev–Trinajstić information content (AvgIpc) is 3.35.